The minimum Gasteiger partial charge on any atom is -0.497 e. The normalized spacial score (nSPS) is 21.8. The van der Waals surface area contributed by atoms with E-state index in [0.717, 1.165) is 43.7 Å². The Kier molecular flexibility index (Phi) is 5.87. The first kappa shape index (κ1) is 15.6. The molecule has 2 N–H and O–H groups in total. The lowest BCUT2D eigenvalue weighted by Gasteiger charge is -2.26. The van der Waals surface area contributed by atoms with Crippen LogP contribution >= 0.6 is 0 Å². The van der Waals surface area contributed by atoms with E-state index in [4.69, 9.17) is 14.6 Å². The van der Waals surface area contributed by atoms with Crippen LogP contribution in [0.15, 0.2) is 24.3 Å². The van der Waals surface area contributed by atoms with Gasteiger partial charge in [0.2, 0.25) is 0 Å². The van der Waals surface area contributed by atoms with Crippen LogP contribution in [0.3, 0.4) is 0 Å². The van der Waals surface area contributed by atoms with Crippen LogP contribution in [-0.2, 0) is 4.79 Å². The smallest absolute Gasteiger partial charge is 0.306 e. The summed E-state index contributed by atoms with van der Waals surface area (Å²) in [7, 11) is 1.64. The van der Waals surface area contributed by atoms with Crippen molar-refractivity contribution in [2.45, 2.75) is 31.7 Å². The average molecular weight is 293 g/mol. The molecule has 1 aromatic rings. The van der Waals surface area contributed by atoms with E-state index in [0.29, 0.717) is 12.6 Å². The van der Waals surface area contributed by atoms with E-state index in [1.165, 1.54) is 0 Å². The lowest BCUT2D eigenvalue weighted by Crippen LogP contribution is -2.37. The lowest BCUT2D eigenvalue weighted by atomic mass is 9.86. The Morgan fingerprint density at radius 1 is 1.19 bits per heavy atom. The summed E-state index contributed by atoms with van der Waals surface area (Å²) in [6, 6.07) is 7.93. The molecule has 1 aromatic carbocycles. The summed E-state index contributed by atoms with van der Waals surface area (Å²) in [6.45, 7) is 1.37. The predicted octanol–water partition coefficient (Wildman–Crippen LogP) is 2.31. The number of carboxylic acids is 1. The zero-order valence-electron chi connectivity index (χ0n) is 12.4. The second kappa shape index (κ2) is 7.88. The van der Waals surface area contributed by atoms with Gasteiger partial charge in [-0.2, -0.15) is 0 Å². The Balaban J connectivity index is 1.60. The van der Waals surface area contributed by atoms with Gasteiger partial charge in [-0.05, 0) is 49.9 Å². The Morgan fingerprint density at radius 2 is 1.81 bits per heavy atom. The van der Waals surface area contributed by atoms with Crippen molar-refractivity contribution in [1.29, 1.82) is 0 Å². The fourth-order valence-electron chi connectivity index (χ4n) is 2.65. The van der Waals surface area contributed by atoms with Crippen LogP contribution in [0.5, 0.6) is 11.5 Å². The standard InChI is InChI=1S/C16H23NO4/c1-20-14-6-8-15(9-7-14)21-11-10-17-13-4-2-12(3-5-13)16(18)19/h6-9,12-13,17H,2-5,10-11H2,1H3,(H,18,19). The molecule has 0 unspecified atom stereocenters. The minimum atomic E-state index is -0.656. The molecular weight excluding hydrogens is 270 g/mol. The van der Waals surface area contributed by atoms with Gasteiger partial charge in [0, 0.05) is 12.6 Å². The second-order valence-electron chi connectivity index (χ2n) is 5.36. The molecule has 1 aliphatic carbocycles. The Labute approximate surface area is 125 Å². The highest BCUT2D eigenvalue weighted by Gasteiger charge is 2.25. The van der Waals surface area contributed by atoms with Crippen molar-refractivity contribution in [2.24, 2.45) is 5.92 Å². The molecule has 2 rings (SSSR count). The minimum absolute atomic E-state index is 0.154. The molecule has 0 spiro atoms. The van der Waals surface area contributed by atoms with Gasteiger partial charge < -0.3 is 19.9 Å². The number of nitrogens with one attached hydrogen (secondary N) is 1. The number of hydrogen-bond donors (Lipinski definition) is 2. The van der Waals surface area contributed by atoms with Gasteiger partial charge in [-0.3, -0.25) is 4.79 Å². The topological polar surface area (TPSA) is 67.8 Å². The Bertz CT molecular complexity index is 438. The van der Waals surface area contributed by atoms with Gasteiger partial charge in [-0.1, -0.05) is 0 Å². The maximum atomic E-state index is 10.9. The maximum absolute atomic E-state index is 10.9. The summed E-state index contributed by atoms with van der Waals surface area (Å²) < 4.78 is 10.7. The summed E-state index contributed by atoms with van der Waals surface area (Å²) in [5.74, 6) is 0.831. The molecule has 116 valence electrons. The maximum Gasteiger partial charge on any atom is 0.306 e. The van der Waals surface area contributed by atoms with E-state index in [1.807, 2.05) is 24.3 Å². The van der Waals surface area contributed by atoms with Crippen molar-refractivity contribution in [1.82, 2.24) is 5.32 Å². The molecule has 1 saturated carbocycles. The molecule has 1 fully saturated rings. The number of benzene rings is 1. The quantitative estimate of drug-likeness (QED) is 0.755. The third kappa shape index (κ3) is 4.93. The molecule has 0 radical (unpaired) electrons. The Morgan fingerprint density at radius 3 is 2.38 bits per heavy atom. The van der Waals surface area contributed by atoms with Gasteiger partial charge >= 0.3 is 5.97 Å². The average Bonchev–Trinajstić information content (AvgIpc) is 2.52. The van der Waals surface area contributed by atoms with Gasteiger partial charge in [-0.15, -0.1) is 0 Å². The second-order valence-corrected chi connectivity index (χ2v) is 5.36. The fourth-order valence-corrected chi connectivity index (χ4v) is 2.65. The van der Waals surface area contributed by atoms with Crippen molar-refractivity contribution in [3.63, 3.8) is 0 Å². The molecule has 0 aliphatic heterocycles. The summed E-state index contributed by atoms with van der Waals surface area (Å²) in [4.78, 5) is 10.9. The van der Waals surface area contributed by atoms with Crippen LogP contribution in [0, 0.1) is 5.92 Å². The first-order valence-corrected chi connectivity index (χ1v) is 7.42. The van der Waals surface area contributed by atoms with Gasteiger partial charge in [0.05, 0.1) is 13.0 Å². The number of hydrogen-bond acceptors (Lipinski definition) is 4. The van der Waals surface area contributed by atoms with Crippen molar-refractivity contribution in [3.8, 4) is 11.5 Å². The van der Waals surface area contributed by atoms with Gasteiger partial charge in [0.25, 0.3) is 0 Å². The predicted molar refractivity (Wildman–Crippen MR) is 79.9 cm³/mol. The van der Waals surface area contributed by atoms with Crippen LogP contribution in [0.2, 0.25) is 0 Å². The van der Waals surface area contributed by atoms with Crippen molar-refractivity contribution in [3.05, 3.63) is 24.3 Å². The van der Waals surface area contributed by atoms with Gasteiger partial charge in [0.15, 0.2) is 0 Å². The van der Waals surface area contributed by atoms with Gasteiger partial charge in [-0.25, -0.2) is 0 Å². The molecule has 0 bridgehead atoms. The van der Waals surface area contributed by atoms with Gasteiger partial charge in [0.1, 0.15) is 18.1 Å². The van der Waals surface area contributed by atoms with E-state index in [2.05, 4.69) is 5.32 Å². The zero-order chi connectivity index (χ0) is 15.1. The zero-order valence-corrected chi connectivity index (χ0v) is 12.4. The summed E-state index contributed by atoms with van der Waals surface area (Å²) >= 11 is 0. The molecule has 0 aromatic heterocycles. The Hall–Kier alpha value is -1.75. The molecule has 0 amide bonds. The highest BCUT2D eigenvalue weighted by Crippen LogP contribution is 2.24. The third-order valence-corrected chi connectivity index (χ3v) is 3.94. The molecule has 21 heavy (non-hydrogen) atoms. The van der Waals surface area contributed by atoms with Crippen LogP contribution in [0.1, 0.15) is 25.7 Å². The first-order chi connectivity index (χ1) is 10.2. The van der Waals surface area contributed by atoms with Crippen LogP contribution in [0.4, 0.5) is 0 Å². The van der Waals surface area contributed by atoms with Crippen molar-refractivity contribution < 1.29 is 19.4 Å². The molecule has 5 nitrogen and oxygen atoms in total. The monoisotopic (exact) mass is 293 g/mol. The lowest BCUT2D eigenvalue weighted by molar-refractivity contribution is -0.142. The van der Waals surface area contributed by atoms with E-state index in [9.17, 15) is 4.79 Å². The number of ether oxygens (including phenoxy) is 2. The number of methoxy groups -OCH3 is 1. The number of carbonyl (C=O) groups is 1. The summed E-state index contributed by atoms with van der Waals surface area (Å²) in [5.41, 5.74) is 0. The number of carboxylic acid groups (broad SMARTS) is 1. The molecule has 0 atom stereocenters. The van der Waals surface area contributed by atoms with E-state index in [-0.39, 0.29) is 5.92 Å². The number of rotatable bonds is 7. The fraction of sp³-hybridized carbons (Fsp3) is 0.562. The highest BCUT2D eigenvalue weighted by atomic mass is 16.5. The first-order valence-electron chi connectivity index (χ1n) is 7.42. The molecule has 0 saturated heterocycles. The summed E-state index contributed by atoms with van der Waals surface area (Å²) in [6.07, 6.45) is 3.40. The van der Waals surface area contributed by atoms with Crippen molar-refractivity contribution >= 4 is 5.97 Å². The third-order valence-electron chi connectivity index (χ3n) is 3.94. The van der Waals surface area contributed by atoms with Crippen LogP contribution in [0.25, 0.3) is 0 Å². The van der Waals surface area contributed by atoms with E-state index >= 15 is 0 Å². The largest absolute Gasteiger partial charge is 0.497 e. The SMILES string of the molecule is COc1ccc(OCCNC2CCC(C(=O)O)CC2)cc1. The molecule has 0 heterocycles. The van der Waals surface area contributed by atoms with Crippen LogP contribution in [-0.4, -0.2) is 37.4 Å². The van der Waals surface area contributed by atoms with E-state index in [1.54, 1.807) is 7.11 Å². The van der Waals surface area contributed by atoms with Crippen molar-refractivity contribution in [2.75, 3.05) is 20.3 Å². The summed E-state index contributed by atoms with van der Waals surface area (Å²) in [5, 5.41) is 12.4. The molecular formula is C16H23NO4. The van der Waals surface area contributed by atoms with Crippen LogP contribution < -0.4 is 14.8 Å². The highest BCUT2D eigenvalue weighted by molar-refractivity contribution is 5.70. The molecule has 1 aliphatic rings. The number of aliphatic carboxylic acids is 1. The van der Waals surface area contributed by atoms with E-state index < -0.39 is 5.97 Å². The molecule has 5 heteroatoms.